The van der Waals surface area contributed by atoms with Gasteiger partial charge in [-0.3, -0.25) is 9.89 Å². The Bertz CT molecular complexity index is 649. The van der Waals surface area contributed by atoms with Gasteiger partial charge in [-0.05, 0) is 31.5 Å². The molecule has 27 heavy (non-hydrogen) atoms. The summed E-state index contributed by atoms with van der Waals surface area (Å²) >= 11 is 2.01. The summed E-state index contributed by atoms with van der Waals surface area (Å²) in [4.78, 5) is 9.21. The molecule has 0 radical (unpaired) electrons. The van der Waals surface area contributed by atoms with E-state index < -0.39 is 0 Å². The van der Waals surface area contributed by atoms with Crippen molar-refractivity contribution >= 4 is 17.7 Å². The summed E-state index contributed by atoms with van der Waals surface area (Å²) in [7, 11) is 1.84. The maximum atomic E-state index is 13.8. The van der Waals surface area contributed by atoms with E-state index in [1.165, 1.54) is 6.07 Å². The lowest BCUT2D eigenvalue weighted by atomic mass is 10.0. The first kappa shape index (κ1) is 20.4. The maximum Gasteiger partial charge on any atom is 0.193 e. The van der Waals surface area contributed by atoms with Crippen LogP contribution < -0.4 is 5.32 Å². The summed E-state index contributed by atoms with van der Waals surface area (Å²) < 4.78 is 19.6. The van der Waals surface area contributed by atoms with Gasteiger partial charge in [-0.1, -0.05) is 12.1 Å². The van der Waals surface area contributed by atoms with Crippen molar-refractivity contribution in [1.29, 1.82) is 0 Å². The number of hydrogen-bond donors (Lipinski definition) is 1. The molecule has 5 nitrogen and oxygen atoms in total. The molecule has 7 heteroatoms. The molecule has 0 saturated carbocycles. The molecule has 0 spiro atoms. The van der Waals surface area contributed by atoms with Crippen molar-refractivity contribution in [1.82, 2.24) is 15.1 Å². The molecule has 1 N–H and O–H groups in total. The van der Waals surface area contributed by atoms with Crippen LogP contribution >= 0.6 is 11.8 Å². The Balaban J connectivity index is 1.71. The molecular weight excluding hydrogens is 363 g/mol. The topological polar surface area (TPSA) is 40.1 Å². The Labute approximate surface area is 166 Å². The third kappa shape index (κ3) is 5.59. The van der Waals surface area contributed by atoms with Gasteiger partial charge in [0.05, 0.1) is 19.3 Å². The van der Waals surface area contributed by atoms with Crippen LogP contribution in [0.3, 0.4) is 0 Å². The van der Waals surface area contributed by atoms with Gasteiger partial charge in [-0.15, -0.1) is 0 Å². The van der Waals surface area contributed by atoms with E-state index in [9.17, 15) is 4.39 Å². The molecule has 0 aromatic heterocycles. The number of halogens is 1. The SMILES string of the molecule is CN=C(NCC(c1cccc(F)c1)N1CCOCC1)N1CCSC(C)(C)C1. The van der Waals surface area contributed by atoms with E-state index in [0.717, 1.165) is 56.7 Å². The molecular formula is C20H31FN4OS. The summed E-state index contributed by atoms with van der Waals surface area (Å²) in [5.74, 6) is 1.84. The average Bonchev–Trinajstić information content (AvgIpc) is 2.65. The molecule has 150 valence electrons. The molecule has 1 unspecified atom stereocenters. The Morgan fingerprint density at radius 3 is 2.78 bits per heavy atom. The summed E-state index contributed by atoms with van der Waals surface area (Å²) in [6.45, 7) is 10.4. The molecule has 1 aromatic carbocycles. The highest BCUT2D eigenvalue weighted by Gasteiger charge is 2.29. The highest BCUT2D eigenvalue weighted by molar-refractivity contribution is 8.00. The monoisotopic (exact) mass is 394 g/mol. The Morgan fingerprint density at radius 2 is 2.11 bits per heavy atom. The van der Waals surface area contributed by atoms with E-state index >= 15 is 0 Å². The summed E-state index contributed by atoms with van der Waals surface area (Å²) in [5.41, 5.74) is 0.995. The van der Waals surface area contributed by atoms with Crippen LogP contribution in [0.15, 0.2) is 29.3 Å². The number of nitrogens with zero attached hydrogens (tertiary/aromatic N) is 3. The Hall–Kier alpha value is -1.31. The zero-order valence-electron chi connectivity index (χ0n) is 16.6. The number of nitrogens with one attached hydrogen (secondary N) is 1. The number of benzene rings is 1. The summed E-state index contributed by atoms with van der Waals surface area (Å²) in [5, 5.41) is 3.55. The van der Waals surface area contributed by atoms with E-state index in [0.29, 0.717) is 6.54 Å². The first-order chi connectivity index (χ1) is 13.0. The molecule has 2 saturated heterocycles. The molecule has 1 atom stereocenters. The van der Waals surface area contributed by atoms with Gasteiger partial charge in [0.2, 0.25) is 0 Å². The van der Waals surface area contributed by atoms with Crippen molar-refractivity contribution in [2.24, 2.45) is 4.99 Å². The fourth-order valence-corrected chi connectivity index (χ4v) is 4.89. The van der Waals surface area contributed by atoms with Crippen LogP contribution in [-0.4, -0.2) is 79.2 Å². The maximum absolute atomic E-state index is 13.8. The fourth-order valence-electron chi connectivity index (χ4n) is 3.78. The van der Waals surface area contributed by atoms with Gasteiger partial charge < -0.3 is 15.0 Å². The fraction of sp³-hybridized carbons (Fsp3) is 0.650. The number of rotatable bonds is 4. The molecule has 2 fully saturated rings. The van der Waals surface area contributed by atoms with Gasteiger partial charge >= 0.3 is 0 Å². The first-order valence-electron chi connectivity index (χ1n) is 9.65. The van der Waals surface area contributed by atoms with Crippen molar-refractivity contribution < 1.29 is 9.13 Å². The second-order valence-corrected chi connectivity index (χ2v) is 9.48. The second-order valence-electron chi connectivity index (χ2n) is 7.68. The van der Waals surface area contributed by atoms with Gasteiger partial charge in [-0.2, -0.15) is 11.8 Å². The largest absolute Gasteiger partial charge is 0.379 e. The molecule has 0 amide bonds. The number of hydrogen-bond acceptors (Lipinski definition) is 4. The van der Waals surface area contributed by atoms with E-state index in [2.05, 4.69) is 34.0 Å². The van der Waals surface area contributed by atoms with Crippen LogP contribution in [-0.2, 0) is 4.74 Å². The average molecular weight is 395 g/mol. The zero-order valence-corrected chi connectivity index (χ0v) is 17.4. The van der Waals surface area contributed by atoms with Crippen LogP contribution in [0, 0.1) is 5.82 Å². The minimum atomic E-state index is -0.190. The molecule has 2 heterocycles. The van der Waals surface area contributed by atoms with Crippen LogP contribution in [0.4, 0.5) is 4.39 Å². The predicted molar refractivity (Wildman–Crippen MR) is 111 cm³/mol. The molecule has 3 rings (SSSR count). The number of aliphatic imine (C=N–C) groups is 1. The van der Waals surface area contributed by atoms with E-state index in [4.69, 9.17) is 4.74 Å². The molecule has 2 aliphatic rings. The van der Waals surface area contributed by atoms with Crippen LogP contribution in [0.5, 0.6) is 0 Å². The number of thioether (sulfide) groups is 1. The van der Waals surface area contributed by atoms with E-state index in [1.807, 2.05) is 24.9 Å². The highest BCUT2D eigenvalue weighted by atomic mass is 32.2. The first-order valence-corrected chi connectivity index (χ1v) is 10.6. The lowest BCUT2D eigenvalue weighted by molar-refractivity contribution is 0.0168. The smallest absolute Gasteiger partial charge is 0.193 e. The predicted octanol–water partition coefficient (Wildman–Crippen LogP) is 2.60. The van der Waals surface area contributed by atoms with Crippen molar-refractivity contribution in [3.8, 4) is 0 Å². The number of guanidine groups is 1. The van der Waals surface area contributed by atoms with Crippen molar-refractivity contribution in [2.75, 3.05) is 58.7 Å². The van der Waals surface area contributed by atoms with Crippen molar-refractivity contribution in [2.45, 2.75) is 24.6 Å². The summed E-state index contributed by atoms with van der Waals surface area (Å²) in [6.07, 6.45) is 0. The lowest BCUT2D eigenvalue weighted by Gasteiger charge is -2.40. The molecule has 2 aliphatic heterocycles. The lowest BCUT2D eigenvalue weighted by Crippen LogP contribution is -2.52. The number of ether oxygens (including phenoxy) is 1. The van der Waals surface area contributed by atoms with Crippen molar-refractivity contribution in [3.05, 3.63) is 35.6 Å². The highest BCUT2D eigenvalue weighted by Crippen LogP contribution is 2.29. The minimum absolute atomic E-state index is 0.0912. The minimum Gasteiger partial charge on any atom is -0.379 e. The molecule has 1 aromatic rings. The standard InChI is InChI=1S/C20H31FN4OS/c1-20(2)15-25(9-12-27-20)19(22-3)23-14-18(24-7-10-26-11-8-24)16-5-4-6-17(21)13-16/h4-6,13,18H,7-12,14-15H2,1-3H3,(H,22,23). The number of morpholine rings is 1. The third-order valence-corrected chi connectivity index (χ3v) is 6.41. The third-order valence-electron chi connectivity index (χ3n) is 5.11. The van der Waals surface area contributed by atoms with E-state index in [1.54, 1.807) is 12.1 Å². The second kappa shape index (κ2) is 9.26. The summed E-state index contributed by atoms with van der Waals surface area (Å²) in [6, 6.07) is 7.03. The van der Waals surface area contributed by atoms with Gasteiger partial charge in [-0.25, -0.2) is 4.39 Å². The normalized spacial score (nSPS) is 22.5. The van der Waals surface area contributed by atoms with Crippen LogP contribution in [0.1, 0.15) is 25.5 Å². The van der Waals surface area contributed by atoms with Crippen molar-refractivity contribution in [3.63, 3.8) is 0 Å². The van der Waals surface area contributed by atoms with Gasteiger partial charge in [0, 0.05) is 50.3 Å². The van der Waals surface area contributed by atoms with Gasteiger partial charge in [0.25, 0.3) is 0 Å². The van der Waals surface area contributed by atoms with Gasteiger partial charge in [0.15, 0.2) is 5.96 Å². The van der Waals surface area contributed by atoms with Crippen LogP contribution in [0.25, 0.3) is 0 Å². The van der Waals surface area contributed by atoms with E-state index in [-0.39, 0.29) is 16.6 Å². The van der Waals surface area contributed by atoms with Gasteiger partial charge in [0.1, 0.15) is 5.82 Å². The molecule has 0 aliphatic carbocycles. The Morgan fingerprint density at radius 1 is 1.33 bits per heavy atom. The quantitative estimate of drug-likeness (QED) is 0.628. The van der Waals surface area contributed by atoms with Crippen LogP contribution in [0.2, 0.25) is 0 Å². The molecule has 0 bridgehead atoms. The zero-order chi connectivity index (χ0) is 19.3. The Kier molecular flexibility index (Phi) is 7.00.